The maximum Gasteiger partial charge on any atom is 0.191 e. The fraction of sp³-hybridized carbons (Fsp3) is 0.667. The van der Waals surface area contributed by atoms with Crippen LogP contribution in [0.25, 0.3) is 0 Å². The molecule has 0 amide bonds. The van der Waals surface area contributed by atoms with Gasteiger partial charge in [0.1, 0.15) is 0 Å². The number of nitrogens with zero attached hydrogens (tertiary/aromatic N) is 3. The first-order chi connectivity index (χ1) is 12.7. The highest BCUT2D eigenvalue weighted by atomic mass is 15.2. The third kappa shape index (κ3) is 5.63. The Labute approximate surface area is 158 Å². The summed E-state index contributed by atoms with van der Waals surface area (Å²) in [6.07, 6.45) is 5.02. The molecule has 0 saturated carbocycles. The molecule has 3 rings (SSSR count). The van der Waals surface area contributed by atoms with Crippen molar-refractivity contribution in [2.45, 2.75) is 38.6 Å². The minimum Gasteiger partial charge on any atom is -0.369 e. The predicted molar refractivity (Wildman–Crippen MR) is 111 cm³/mol. The predicted octanol–water partition coefficient (Wildman–Crippen LogP) is 2.55. The van der Waals surface area contributed by atoms with Gasteiger partial charge >= 0.3 is 0 Å². The highest BCUT2D eigenvalue weighted by molar-refractivity contribution is 5.80. The minimum absolute atomic E-state index is 0.469. The van der Waals surface area contributed by atoms with Crippen molar-refractivity contribution in [2.24, 2.45) is 10.9 Å². The Kier molecular flexibility index (Phi) is 7.18. The Morgan fingerprint density at radius 3 is 2.62 bits per heavy atom. The molecule has 2 aliphatic heterocycles. The van der Waals surface area contributed by atoms with E-state index >= 15 is 0 Å². The highest BCUT2D eigenvalue weighted by Gasteiger charge is 2.23. The van der Waals surface area contributed by atoms with Crippen LogP contribution in [0.4, 0.5) is 5.69 Å². The van der Waals surface area contributed by atoms with Gasteiger partial charge in [0.05, 0.1) is 0 Å². The summed E-state index contributed by atoms with van der Waals surface area (Å²) in [6.45, 7) is 8.61. The van der Waals surface area contributed by atoms with E-state index in [0.717, 1.165) is 44.5 Å². The fourth-order valence-corrected chi connectivity index (χ4v) is 3.97. The van der Waals surface area contributed by atoms with Crippen LogP contribution in [-0.4, -0.2) is 63.2 Å². The second-order valence-electron chi connectivity index (χ2n) is 7.71. The first kappa shape index (κ1) is 19.0. The Morgan fingerprint density at radius 1 is 1.12 bits per heavy atom. The molecule has 1 aromatic rings. The number of aliphatic imine (C=N–C) groups is 1. The van der Waals surface area contributed by atoms with Gasteiger partial charge in [0.25, 0.3) is 0 Å². The monoisotopic (exact) mass is 357 g/mol. The maximum atomic E-state index is 4.85. The number of benzene rings is 1. The van der Waals surface area contributed by atoms with E-state index in [1.165, 1.54) is 38.0 Å². The standard InChI is InChI=1S/C21H35N5/c1-3-22-21(23-13-9-18-10-14-25(2)15-11-18)24-19-12-16-26(17-19)20-7-5-4-6-8-20/h4-8,18-19H,3,9-17H2,1-2H3,(H2,22,23,24). The van der Waals surface area contributed by atoms with Crippen molar-refractivity contribution < 1.29 is 0 Å². The molecule has 0 radical (unpaired) electrons. The third-order valence-corrected chi connectivity index (χ3v) is 5.64. The number of nitrogens with one attached hydrogen (secondary N) is 2. The van der Waals surface area contributed by atoms with Crippen molar-refractivity contribution >= 4 is 11.6 Å². The topological polar surface area (TPSA) is 42.9 Å². The molecular weight excluding hydrogens is 322 g/mol. The lowest BCUT2D eigenvalue weighted by molar-refractivity contribution is 0.214. The van der Waals surface area contributed by atoms with E-state index in [4.69, 9.17) is 4.99 Å². The average Bonchev–Trinajstić information content (AvgIpc) is 3.13. The molecule has 2 saturated heterocycles. The lowest BCUT2D eigenvalue weighted by Crippen LogP contribution is -2.44. The number of hydrogen-bond donors (Lipinski definition) is 2. The van der Waals surface area contributed by atoms with Gasteiger partial charge in [0, 0.05) is 37.9 Å². The number of likely N-dealkylation sites (tertiary alicyclic amines) is 1. The van der Waals surface area contributed by atoms with Gasteiger partial charge in [-0.2, -0.15) is 0 Å². The number of hydrogen-bond acceptors (Lipinski definition) is 3. The van der Waals surface area contributed by atoms with E-state index in [9.17, 15) is 0 Å². The van der Waals surface area contributed by atoms with Gasteiger partial charge in [-0.3, -0.25) is 4.99 Å². The van der Waals surface area contributed by atoms with Crippen molar-refractivity contribution in [1.82, 2.24) is 15.5 Å². The van der Waals surface area contributed by atoms with Crippen molar-refractivity contribution in [1.29, 1.82) is 0 Å². The zero-order valence-corrected chi connectivity index (χ0v) is 16.5. The highest BCUT2D eigenvalue weighted by Crippen LogP contribution is 2.20. The number of para-hydroxylation sites is 1. The van der Waals surface area contributed by atoms with Crippen LogP contribution >= 0.6 is 0 Å². The summed E-state index contributed by atoms with van der Waals surface area (Å²) in [4.78, 5) is 9.74. The maximum absolute atomic E-state index is 4.85. The molecule has 2 N–H and O–H groups in total. The van der Waals surface area contributed by atoms with E-state index in [0.29, 0.717) is 6.04 Å². The van der Waals surface area contributed by atoms with Crippen LogP contribution in [0.2, 0.25) is 0 Å². The zero-order chi connectivity index (χ0) is 18.2. The number of guanidine groups is 1. The summed E-state index contributed by atoms with van der Waals surface area (Å²) in [5.74, 6) is 1.83. The van der Waals surface area contributed by atoms with Gasteiger partial charge in [-0.1, -0.05) is 18.2 Å². The molecule has 2 heterocycles. The summed E-state index contributed by atoms with van der Waals surface area (Å²) in [7, 11) is 2.22. The Morgan fingerprint density at radius 2 is 1.88 bits per heavy atom. The molecule has 1 unspecified atom stereocenters. The molecule has 0 aliphatic carbocycles. The second kappa shape index (κ2) is 9.81. The van der Waals surface area contributed by atoms with Crippen molar-refractivity contribution in [3.8, 4) is 0 Å². The third-order valence-electron chi connectivity index (χ3n) is 5.64. The lowest BCUT2D eigenvalue weighted by Gasteiger charge is -2.28. The number of piperidine rings is 1. The summed E-state index contributed by atoms with van der Waals surface area (Å²) < 4.78 is 0. The van der Waals surface area contributed by atoms with Crippen LogP contribution in [0.5, 0.6) is 0 Å². The van der Waals surface area contributed by atoms with Crippen molar-refractivity contribution in [3.63, 3.8) is 0 Å². The van der Waals surface area contributed by atoms with Crippen LogP contribution in [0.1, 0.15) is 32.6 Å². The van der Waals surface area contributed by atoms with E-state index in [1.807, 2.05) is 0 Å². The summed E-state index contributed by atoms with van der Waals surface area (Å²) in [5, 5.41) is 7.07. The van der Waals surface area contributed by atoms with Gasteiger partial charge in [-0.05, 0) is 70.8 Å². The molecule has 26 heavy (non-hydrogen) atoms. The smallest absolute Gasteiger partial charge is 0.191 e. The van der Waals surface area contributed by atoms with Crippen LogP contribution in [-0.2, 0) is 0 Å². The van der Waals surface area contributed by atoms with Crippen molar-refractivity contribution in [3.05, 3.63) is 30.3 Å². The average molecular weight is 358 g/mol. The van der Waals surface area contributed by atoms with Crippen LogP contribution in [0, 0.1) is 5.92 Å². The molecule has 144 valence electrons. The molecule has 1 atom stereocenters. The molecule has 5 nitrogen and oxygen atoms in total. The first-order valence-corrected chi connectivity index (χ1v) is 10.3. The van der Waals surface area contributed by atoms with E-state index in [2.05, 4.69) is 64.7 Å². The van der Waals surface area contributed by atoms with Crippen molar-refractivity contribution in [2.75, 3.05) is 51.2 Å². The summed E-state index contributed by atoms with van der Waals surface area (Å²) >= 11 is 0. The molecule has 5 heteroatoms. The number of anilines is 1. The van der Waals surface area contributed by atoms with Gasteiger partial charge in [0.15, 0.2) is 5.96 Å². The second-order valence-corrected chi connectivity index (χ2v) is 7.71. The minimum atomic E-state index is 0.469. The SMILES string of the molecule is CCNC(=NCCC1CCN(C)CC1)NC1CCN(c2ccccc2)C1. The zero-order valence-electron chi connectivity index (χ0n) is 16.5. The van der Waals surface area contributed by atoms with Crippen LogP contribution < -0.4 is 15.5 Å². The van der Waals surface area contributed by atoms with Gasteiger partial charge in [-0.25, -0.2) is 0 Å². The lowest BCUT2D eigenvalue weighted by atomic mass is 9.94. The normalized spacial score (nSPS) is 22.6. The van der Waals surface area contributed by atoms with E-state index in [-0.39, 0.29) is 0 Å². The summed E-state index contributed by atoms with van der Waals surface area (Å²) in [5.41, 5.74) is 1.32. The Hall–Kier alpha value is -1.75. The first-order valence-electron chi connectivity index (χ1n) is 10.3. The Balaban J connectivity index is 1.45. The van der Waals surface area contributed by atoms with E-state index < -0.39 is 0 Å². The largest absolute Gasteiger partial charge is 0.369 e. The van der Waals surface area contributed by atoms with Crippen LogP contribution in [0.3, 0.4) is 0 Å². The molecular formula is C21H35N5. The number of rotatable bonds is 6. The molecule has 0 bridgehead atoms. The molecule has 2 aliphatic rings. The molecule has 0 aromatic heterocycles. The summed E-state index contributed by atoms with van der Waals surface area (Å²) in [6, 6.07) is 11.2. The van der Waals surface area contributed by atoms with Gasteiger partial charge < -0.3 is 20.4 Å². The Bertz CT molecular complexity index is 551. The van der Waals surface area contributed by atoms with Gasteiger partial charge in [0.2, 0.25) is 0 Å². The molecule has 2 fully saturated rings. The molecule has 0 spiro atoms. The van der Waals surface area contributed by atoms with Gasteiger partial charge in [-0.15, -0.1) is 0 Å². The quantitative estimate of drug-likeness (QED) is 0.607. The molecule has 1 aromatic carbocycles. The fourth-order valence-electron chi connectivity index (χ4n) is 3.97. The van der Waals surface area contributed by atoms with E-state index in [1.54, 1.807) is 0 Å². The van der Waals surface area contributed by atoms with Crippen LogP contribution in [0.15, 0.2) is 35.3 Å².